The van der Waals surface area contributed by atoms with Crippen molar-refractivity contribution < 1.29 is 14.3 Å². The zero-order valence-electron chi connectivity index (χ0n) is 17.4. The Bertz CT molecular complexity index is 592. The van der Waals surface area contributed by atoms with Gasteiger partial charge in [0.15, 0.2) is 5.96 Å². The molecule has 1 N–H and O–H groups in total. The Morgan fingerprint density at radius 1 is 1.25 bits per heavy atom. The average Bonchev–Trinajstić information content (AvgIpc) is 2.73. The lowest BCUT2D eigenvalue weighted by Gasteiger charge is -2.34. The maximum Gasteiger partial charge on any atom is 0.310 e. The molecule has 6 nitrogen and oxygen atoms in total. The van der Waals surface area contributed by atoms with Gasteiger partial charge in [-0.1, -0.05) is 30.3 Å². The minimum absolute atomic E-state index is 0.0519. The van der Waals surface area contributed by atoms with Crippen molar-refractivity contribution in [1.29, 1.82) is 0 Å². The van der Waals surface area contributed by atoms with Crippen molar-refractivity contribution in [3.63, 3.8) is 0 Å². The van der Waals surface area contributed by atoms with E-state index in [2.05, 4.69) is 29.3 Å². The third-order valence-electron chi connectivity index (χ3n) is 4.75. The van der Waals surface area contributed by atoms with Gasteiger partial charge in [0.25, 0.3) is 0 Å². The molecule has 28 heavy (non-hydrogen) atoms. The van der Waals surface area contributed by atoms with Crippen LogP contribution in [-0.2, 0) is 20.9 Å². The number of piperidine rings is 1. The fraction of sp³-hybridized carbons (Fsp3) is 0.636. The van der Waals surface area contributed by atoms with E-state index in [-0.39, 0.29) is 11.9 Å². The summed E-state index contributed by atoms with van der Waals surface area (Å²) < 4.78 is 10.9. The van der Waals surface area contributed by atoms with Gasteiger partial charge in [-0.05, 0) is 45.1 Å². The standard InChI is InChI=1S/C22H35N3O3/c1-3-23-22(25-15-10-13-20(17-25)21(26)28-4-2)24-14-8-9-16-27-18-19-11-6-5-7-12-19/h5-7,11-12,20H,3-4,8-10,13-18H2,1-2H3,(H,23,24). The Labute approximate surface area is 169 Å². The molecular formula is C22H35N3O3. The van der Waals surface area contributed by atoms with E-state index in [9.17, 15) is 4.79 Å². The molecule has 0 bridgehead atoms. The quantitative estimate of drug-likeness (QED) is 0.288. The lowest BCUT2D eigenvalue weighted by molar-refractivity contribution is -0.149. The maximum absolute atomic E-state index is 12.1. The van der Waals surface area contributed by atoms with Gasteiger partial charge in [0.1, 0.15) is 0 Å². The predicted octanol–water partition coefficient (Wildman–Crippen LogP) is 3.22. The zero-order valence-corrected chi connectivity index (χ0v) is 17.4. The number of likely N-dealkylation sites (tertiary alicyclic amines) is 1. The molecule has 1 aromatic carbocycles. The van der Waals surface area contributed by atoms with Gasteiger partial charge in [-0.3, -0.25) is 9.79 Å². The van der Waals surface area contributed by atoms with Crippen molar-refractivity contribution >= 4 is 11.9 Å². The Morgan fingerprint density at radius 3 is 2.82 bits per heavy atom. The highest BCUT2D eigenvalue weighted by molar-refractivity contribution is 5.81. The molecule has 1 atom stereocenters. The molecule has 0 saturated carbocycles. The van der Waals surface area contributed by atoms with Gasteiger partial charge in [-0.2, -0.15) is 0 Å². The van der Waals surface area contributed by atoms with Crippen LogP contribution in [0.4, 0.5) is 0 Å². The predicted molar refractivity (Wildman–Crippen MR) is 112 cm³/mol. The minimum Gasteiger partial charge on any atom is -0.466 e. The third kappa shape index (κ3) is 7.89. The molecule has 2 rings (SSSR count). The number of nitrogens with one attached hydrogen (secondary N) is 1. The summed E-state index contributed by atoms with van der Waals surface area (Å²) >= 11 is 0. The molecule has 1 saturated heterocycles. The lowest BCUT2D eigenvalue weighted by atomic mass is 9.98. The molecule has 6 heteroatoms. The number of guanidine groups is 1. The van der Waals surface area contributed by atoms with Crippen molar-refractivity contribution in [3.05, 3.63) is 35.9 Å². The number of carbonyl (C=O) groups is 1. The van der Waals surface area contributed by atoms with Gasteiger partial charge >= 0.3 is 5.97 Å². The molecule has 0 spiro atoms. The Hall–Kier alpha value is -2.08. The van der Waals surface area contributed by atoms with Crippen molar-refractivity contribution in [2.45, 2.75) is 46.1 Å². The molecule has 1 heterocycles. The average molecular weight is 390 g/mol. The number of ether oxygens (including phenoxy) is 2. The summed E-state index contributed by atoms with van der Waals surface area (Å²) in [6.45, 7) is 8.97. The van der Waals surface area contributed by atoms with E-state index in [1.165, 1.54) is 5.56 Å². The van der Waals surface area contributed by atoms with Gasteiger partial charge in [0.05, 0.1) is 19.1 Å². The third-order valence-corrected chi connectivity index (χ3v) is 4.75. The van der Waals surface area contributed by atoms with Gasteiger partial charge in [-0.15, -0.1) is 0 Å². The monoisotopic (exact) mass is 389 g/mol. The van der Waals surface area contributed by atoms with Crippen LogP contribution in [-0.4, -0.2) is 56.2 Å². The molecule has 0 aliphatic carbocycles. The second-order valence-electron chi connectivity index (χ2n) is 7.02. The summed E-state index contributed by atoms with van der Waals surface area (Å²) in [5, 5.41) is 3.36. The number of aliphatic imine (C=N–C) groups is 1. The number of rotatable bonds is 10. The summed E-state index contributed by atoms with van der Waals surface area (Å²) in [7, 11) is 0. The van der Waals surface area contributed by atoms with Crippen molar-refractivity contribution in [2.75, 3.05) is 39.4 Å². The van der Waals surface area contributed by atoms with Crippen LogP contribution in [0.5, 0.6) is 0 Å². The molecule has 0 aromatic heterocycles. The van der Waals surface area contributed by atoms with E-state index in [1.807, 2.05) is 25.1 Å². The number of esters is 1. The van der Waals surface area contributed by atoms with Crippen molar-refractivity contribution in [3.8, 4) is 0 Å². The summed E-state index contributed by atoms with van der Waals surface area (Å²) in [6, 6.07) is 10.2. The number of carbonyl (C=O) groups excluding carboxylic acids is 1. The molecule has 1 aromatic rings. The van der Waals surface area contributed by atoms with Crippen LogP contribution >= 0.6 is 0 Å². The van der Waals surface area contributed by atoms with E-state index in [0.29, 0.717) is 19.8 Å². The van der Waals surface area contributed by atoms with Crippen molar-refractivity contribution in [1.82, 2.24) is 10.2 Å². The van der Waals surface area contributed by atoms with E-state index in [4.69, 9.17) is 14.5 Å². The zero-order chi connectivity index (χ0) is 20.0. The molecular weight excluding hydrogens is 354 g/mol. The first-order chi connectivity index (χ1) is 13.7. The van der Waals surface area contributed by atoms with Crippen LogP contribution in [0.2, 0.25) is 0 Å². The normalized spacial score (nSPS) is 17.4. The van der Waals surface area contributed by atoms with Crippen LogP contribution in [0.15, 0.2) is 35.3 Å². The largest absolute Gasteiger partial charge is 0.466 e. The molecule has 1 fully saturated rings. The lowest BCUT2D eigenvalue weighted by Crippen LogP contribution is -2.48. The highest BCUT2D eigenvalue weighted by atomic mass is 16.5. The number of hydrogen-bond acceptors (Lipinski definition) is 4. The molecule has 1 unspecified atom stereocenters. The first-order valence-electron chi connectivity index (χ1n) is 10.6. The number of unbranched alkanes of at least 4 members (excludes halogenated alkanes) is 1. The molecule has 0 radical (unpaired) electrons. The Balaban J connectivity index is 1.71. The van der Waals surface area contributed by atoms with E-state index < -0.39 is 0 Å². The first-order valence-corrected chi connectivity index (χ1v) is 10.6. The van der Waals surface area contributed by atoms with Crippen LogP contribution < -0.4 is 5.32 Å². The SMILES string of the molecule is CCNC(=NCCCCOCc1ccccc1)N1CCCC(C(=O)OCC)C1. The van der Waals surface area contributed by atoms with Crippen LogP contribution in [0.3, 0.4) is 0 Å². The molecule has 1 aliphatic heterocycles. The van der Waals surface area contributed by atoms with Crippen LogP contribution in [0.1, 0.15) is 45.1 Å². The van der Waals surface area contributed by atoms with E-state index >= 15 is 0 Å². The highest BCUT2D eigenvalue weighted by Gasteiger charge is 2.28. The van der Waals surface area contributed by atoms with E-state index in [0.717, 1.165) is 57.9 Å². The smallest absolute Gasteiger partial charge is 0.310 e. The van der Waals surface area contributed by atoms with E-state index in [1.54, 1.807) is 0 Å². The fourth-order valence-corrected chi connectivity index (χ4v) is 3.31. The summed E-state index contributed by atoms with van der Waals surface area (Å²) in [5.41, 5.74) is 1.20. The number of hydrogen-bond donors (Lipinski definition) is 1. The second kappa shape index (κ2) is 13.2. The van der Waals surface area contributed by atoms with Crippen LogP contribution in [0.25, 0.3) is 0 Å². The van der Waals surface area contributed by atoms with Crippen LogP contribution in [0, 0.1) is 5.92 Å². The first kappa shape index (κ1) is 22.2. The van der Waals surface area contributed by atoms with Gasteiger partial charge < -0.3 is 19.7 Å². The highest BCUT2D eigenvalue weighted by Crippen LogP contribution is 2.18. The molecule has 1 aliphatic rings. The second-order valence-corrected chi connectivity index (χ2v) is 7.02. The van der Waals surface area contributed by atoms with Gasteiger partial charge in [0, 0.05) is 32.8 Å². The number of benzene rings is 1. The van der Waals surface area contributed by atoms with Gasteiger partial charge in [0.2, 0.25) is 0 Å². The van der Waals surface area contributed by atoms with Crippen molar-refractivity contribution in [2.24, 2.45) is 10.9 Å². The summed E-state index contributed by atoms with van der Waals surface area (Å²) in [6.07, 6.45) is 3.86. The summed E-state index contributed by atoms with van der Waals surface area (Å²) in [5.74, 6) is 0.768. The Morgan fingerprint density at radius 2 is 2.07 bits per heavy atom. The topological polar surface area (TPSA) is 63.2 Å². The molecule has 156 valence electrons. The summed E-state index contributed by atoms with van der Waals surface area (Å²) in [4.78, 5) is 19.0. The molecule has 0 amide bonds. The maximum atomic E-state index is 12.1. The number of nitrogens with zero attached hydrogens (tertiary/aromatic N) is 2. The Kier molecular flexibility index (Phi) is 10.4. The minimum atomic E-state index is -0.0846. The van der Waals surface area contributed by atoms with Gasteiger partial charge in [-0.25, -0.2) is 0 Å². The fourth-order valence-electron chi connectivity index (χ4n) is 3.31.